The Morgan fingerprint density at radius 3 is 0.516 bits per heavy atom. The maximum Gasteiger partial charge on any atom is -0.0318 e. The molecule has 12 atom stereocenters. The van der Waals surface area contributed by atoms with E-state index < -0.39 is 0 Å². The van der Waals surface area contributed by atoms with E-state index >= 15 is 0 Å². The van der Waals surface area contributed by atoms with Crippen LogP contribution in [0.5, 0.6) is 0 Å². The zero-order valence-corrected chi connectivity index (χ0v) is 42.4. The number of fused-ring (bicyclic) bond motifs is 4. The van der Waals surface area contributed by atoms with E-state index in [1.54, 1.807) is 270 Å². The monoisotopic (exact) mass is 875 g/mol. The summed E-state index contributed by atoms with van der Waals surface area (Å²) in [7, 11) is 0. The zero-order valence-electron chi connectivity index (χ0n) is 42.4. The fourth-order valence-corrected chi connectivity index (χ4v) is 23.9. The quantitative estimate of drug-likeness (QED) is 0.239. The fourth-order valence-electron chi connectivity index (χ4n) is 23.9. The molecule has 64 heavy (non-hydrogen) atoms. The van der Waals surface area contributed by atoms with Crippen LogP contribution in [0.25, 0.3) is 0 Å². The maximum absolute atomic E-state index is 1.70. The molecule has 0 spiro atoms. The molecule has 362 valence electrons. The van der Waals surface area contributed by atoms with Gasteiger partial charge in [-0.25, -0.2) is 0 Å². The molecule has 12 fully saturated rings. The second-order valence-electron chi connectivity index (χ2n) is 28.3. The van der Waals surface area contributed by atoms with E-state index in [9.17, 15) is 0 Å². The normalized spacial score (nSPS) is 49.5. The molecule has 12 rings (SSSR count). The summed E-state index contributed by atoms with van der Waals surface area (Å²) in [5.74, 6) is 24.5. The predicted molar refractivity (Wildman–Crippen MR) is 271 cm³/mol. The Morgan fingerprint density at radius 2 is 0.297 bits per heavy atom. The first-order valence-electron chi connectivity index (χ1n) is 31.8. The molecule has 0 aromatic heterocycles. The van der Waals surface area contributed by atoms with Crippen LogP contribution >= 0.6 is 0 Å². The van der Waals surface area contributed by atoms with Gasteiger partial charge in [0.1, 0.15) is 0 Å². The van der Waals surface area contributed by atoms with Gasteiger partial charge in [0.15, 0.2) is 0 Å². The van der Waals surface area contributed by atoms with Gasteiger partial charge in [0, 0.05) is 0 Å². The molecule has 0 aromatic rings. The van der Waals surface area contributed by atoms with Crippen molar-refractivity contribution < 1.29 is 0 Å². The van der Waals surface area contributed by atoms with Crippen molar-refractivity contribution in [1.82, 2.24) is 0 Å². The van der Waals surface area contributed by atoms with E-state index in [0.29, 0.717) is 0 Å². The maximum atomic E-state index is 1.70. The minimum Gasteiger partial charge on any atom is -0.0533 e. The summed E-state index contributed by atoms with van der Waals surface area (Å²) < 4.78 is 0. The minimum absolute atomic E-state index is 1.10. The van der Waals surface area contributed by atoms with Crippen LogP contribution in [0, 0.1) is 130 Å². The molecule has 0 bridgehead atoms. The van der Waals surface area contributed by atoms with Crippen molar-refractivity contribution in [2.24, 2.45) is 130 Å². The Morgan fingerprint density at radius 1 is 0.125 bits per heavy atom. The second kappa shape index (κ2) is 20.8. The average molecular weight is 876 g/mol. The van der Waals surface area contributed by atoms with E-state index in [1.807, 2.05) is 0 Å². The summed E-state index contributed by atoms with van der Waals surface area (Å²) in [4.78, 5) is 0. The summed E-state index contributed by atoms with van der Waals surface area (Å²) in [6.45, 7) is 0. The lowest BCUT2D eigenvalue weighted by Gasteiger charge is -2.66. The van der Waals surface area contributed by atoms with Gasteiger partial charge in [-0.2, -0.15) is 0 Å². The molecule has 12 aliphatic rings. The summed E-state index contributed by atoms with van der Waals surface area (Å²) in [5, 5.41) is 0. The summed E-state index contributed by atoms with van der Waals surface area (Å²) in [5.41, 5.74) is 0. The predicted octanol–water partition coefficient (Wildman–Crippen LogP) is 19.1. The van der Waals surface area contributed by atoms with Gasteiger partial charge in [0.25, 0.3) is 0 Å². The minimum atomic E-state index is 1.10. The third kappa shape index (κ3) is 9.01. The van der Waals surface area contributed by atoms with Gasteiger partial charge >= 0.3 is 0 Å². The number of hydrogen-bond donors (Lipinski definition) is 0. The van der Waals surface area contributed by atoms with E-state index in [0.717, 1.165) is 130 Å². The first-order valence-corrected chi connectivity index (χ1v) is 31.8. The highest BCUT2D eigenvalue weighted by atomic mass is 14.7. The molecular weight excluding hydrogens is 769 g/mol. The molecule has 0 nitrogen and oxygen atoms in total. The van der Waals surface area contributed by atoms with E-state index in [4.69, 9.17) is 0 Å². The van der Waals surface area contributed by atoms with Crippen molar-refractivity contribution in [2.75, 3.05) is 0 Å². The smallest absolute Gasteiger partial charge is 0.0318 e. The lowest BCUT2D eigenvalue weighted by Crippen LogP contribution is -2.60. The molecule has 12 saturated carbocycles. The molecule has 0 amide bonds. The Bertz CT molecular complexity index is 1230. The Labute approximate surface area is 398 Å². The Kier molecular flexibility index (Phi) is 14.6. The van der Waals surface area contributed by atoms with E-state index in [2.05, 4.69) is 0 Å². The summed E-state index contributed by atoms with van der Waals surface area (Å²) >= 11 is 0. The topological polar surface area (TPSA) is 0 Å². The third-order valence-corrected chi connectivity index (χ3v) is 25.9. The summed E-state index contributed by atoms with van der Waals surface area (Å²) in [6.07, 6.45) is 67.8. The lowest BCUT2D eigenvalue weighted by atomic mass is 9.39. The highest BCUT2D eigenvalue weighted by Crippen LogP contribution is 2.69. The molecule has 12 unspecified atom stereocenters. The van der Waals surface area contributed by atoms with Crippen LogP contribution in [0.1, 0.15) is 270 Å². The van der Waals surface area contributed by atoms with Gasteiger partial charge in [-0.05, 0) is 220 Å². The average Bonchev–Trinajstić information content (AvgIpc) is 3.38. The zero-order chi connectivity index (χ0) is 42.4. The fraction of sp³-hybridized carbons (Fsp3) is 1.00. The van der Waals surface area contributed by atoms with E-state index in [1.165, 1.54) is 0 Å². The van der Waals surface area contributed by atoms with E-state index in [-0.39, 0.29) is 0 Å². The van der Waals surface area contributed by atoms with Crippen LogP contribution in [-0.4, -0.2) is 0 Å². The molecule has 0 radical (unpaired) electrons. The van der Waals surface area contributed by atoms with Crippen molar-refractivity contribution >= 4 is 0 Å². The van der Waals surface area contributed by atoms with Crippen molar-refractivity contribution in [2.45, 2.75) is 270 Å². The van der Waals surface area contributed by atoms with Crippen LogP contribution in [0.4, 0.5) is 0 Å². The van der Waals surface area contributed by atoms with Crippen LogP contribution in [-0.2, 0) is 0 Å². The van der Waals surface area contributed by atoms with Crippen LogP contribution in [0.3, 0.4) is 0 Å². The van der Waals surface area contributed by atoms with Gasteiger partial charge in [-0.1, -0.05) is 180 Å². The highest BCUT2D eigenvalue weighted by molar-refractivity contribution is 5.11. The van der Waals surface area contributed by atoms with Gasteiger partial charge < -0.3 is 0 Å². The Balaban J connectivity index is 0.868. The lowest BCUT2D eigenvalue weighted by molar-refractivity contribution is -0.178. The molecule has 0 aliphatic heterocycles. The largest absolute Gasteiger partial charge is 0.0533 e. The Hall–Kier alpha value is 0. The third-order valence-electron chi connectivity index (χ3n) is 25.9. The van der Waals surface area contributed by atoms with Gasteiger partial charge in [0.2, 0.25) is 0 Å². The standard InChI is InChI=1S/C64H106/c1-5-21-43(22-6-1)47-37-48(44-23-7-2-8-24-44)40-51(39-47)61-53-29-13-17-33-57(53)63(58-34-18-14-30-54(58)61)64-59-35-19-15-31-55(59)62(56-32-16-20-36-60(56)64)52-41-49(45-25-9-3-10-26-45)38-50(42-52)46-27-11-4-12-28-46/h43-64H,1-42H2. The van der Waals surface area contributed by atoms with Crippen LogP contribution < -0.4 is 0 Å². The van der Waals surface area contributed by atoms with Crippen LogP contribution in [0.15, 0.2) is 0 Å². The van der Waals surface area contributed by atoms with Crippen molar-refractivity contribution in [3.05, 3.63) is 0 Å². The van der Waals surface area contributed by atoms with Crippen LogP contribution in [0.2, 0.25) is 0 Å². The molecule has 0 heteroatoms. The van der Waals surface area contributed by atoms with Gasteiger partial charge in [0.05, 0.1) is 0 Å². The highest BCUT2D eigenvalue weighted by Gasteiger charge is 2.62. The first-order chi connectivity index (χ1) is 31.8. The second-order valence-corrected chi connectivity index (χ2v) is 28.3. The van der Waals surface area contributed by atoms with Gasteiger partial charge in [-0.15, -0.1) is 0 Å². The molecule has 0 aromatic carbocycles. The number of rotatable bonds is 7. The molecule has 0 N–H and O–H groups in total. The van der Waals surface area contributed by atoms with Crippen molar-refractivity contribution in [3.8, 4) is 0 Å². The summed E-state index contributed by atoms with van der Waals surface area (Å²) in [6, 6.07) is 0. The molecule has 0 saturated heterocycles. The molecular formula is C64H106. The SMILES string of the molecule is C1CCC(C2CC(C3CCCCC3)CC(C3C4CCCCC4C(C4C5CCCCC5C(C5CC(C6CCCCC6)CC(C6CCCCC6)C5)C5CCCCC54)C4CCCCC43)C2)CC1. The van der Waals surface area contributed by atoms with Crippen molar-refractivity contribution in [3.63, 3.8) is 0 Å². The molecule has 0 heterocycles. The van der Waals surface area contributed by atoms with Gasteiger partial charge in [-0.3, -0.25) is 0 Å². The number of hydrogen-bond acceptors (Lipinski definition) is 0. The molecule has 12 aliphatic carbocycles. The van der Waals surface area contributed by atoms with Crippen molar-refractivity contribution in [1.29, 1.82) is 0 Å². The first kappa shape index (κ1) is 45.2.